The molecule has 3 nitrogen and oxygen atoms in total. The van der Waals surface area contributed by atoms with Gasteiger partial charge in [0.05, 0.1) is 0 Å². The molecule has 0 aromatic carbocycles. The predicted molar refractivity (Wildman–Crippen MR) is 49.5 cm³/mol. The van der Waals surface area contributed by atoms with Gasteiger partial charge in [0.15, 0.2) is 5.11 Å². The quantitative estimate of drug-likeness (QED) is 0.612. The Hall–Kier alpha value is -1.16. The van der Waals surface area contributed by atoms with E-state index in [-0.39, 0.29) is 0 Å². The maximum Gasteiger partial charge on any atom is 0.170 e. The lowest BCUT2D eigenvalue weighted by atomic mass is 10.4. The van der Waals surface area contributed by atoms with Gasteiger partial charge >= 0.3 is 0 Å². The van der Waals surface area contributed by atoms with Gasteiger partial charge in [0.2, 0.25) is 0 Å². The Labute approximate surface area is 70.8 Å². The smallest absolute Gasteiger partial charge is 0.170 e. The molecule has 0 radical (unpaired) electrons. The molecule has 0 spiro atoms. The van der Waals surface area contributed by atoms with Crippen molar-refractivity contribution in [2.24, 2.45) is 0 Å². The lowest BCUT2D eigenvalue weighted by molar-refractivity contribution is 1.19. The van der Waals surface area contributed by atoms with E-state index >= 15 is 0 Å². The first kappa shape index (κ1) is 7.94. The molecule has 0 amide bonds. The lowest BCUT2D eigenvalue weighted by Crippen LogP contribution is -2.23. The van der Waals surface area contributed by atoms with Gasteiger partial charge in [-0.25, -0.2) is 0 Å². The molecule has 0 saturated carbocycles. The van der Waals surface area contributed by atoms with Gasteiger partial charge < -0.3 is 10.6 Å². The van der Waals surface area contributed by atoms with E-state index < -0.39 is 0 Å². The molecular weight excluding hydrogens is 158 g/mol. The summed E-state index contributed by atoms with van der Waals surface area (Å²) in [6, 6.07) is 3.70. The lowest BCUT2D eigenvalue weighted by Gasteiger charge is -2.04. The Morgan fingerprint density at radius 1 is 1.45 bits per heavy atom. The molecule has 0 unspecified atom stereocenters. The van der Waals surface area contributed by atoms with E-state index in [0.717, 1.165) is 5.69 Å². The van der Waals surface area contributed by atoms with Crippen LogP contribution in [0.3, 0.4) is 0 Å². The first-order valence-corrected chi connectivity index (χ1v) is 3.62. The predicted octanol–water partition coefficient (Wildman–Crippen LogP) is 0.998. The molecule has 2 N–H and O–H groups in total. The molecule has 1 aromatic heterocycles. The van der Waals surface area contributed by atoms with Crippen LogP contribution in [0.4, 0.5) is 5.69 Å². The zero-order chi connectivity index (χ0) is 8.10. The maximum atomic E-state index is 4.89. The number of pyridine rings is 1. The summed E-state index contributed by atoms with van der Waals surface area (Å²) < 4.78 is 0. The van der Waals surface area contributed by atoms with Gasteiger partial charge in [-0.3, -0.25) is 4.98 Å². The molecule has 1 aromatic rings. The number of hydrogen-bond donors (Lipinski definition) is 2. The average molecular weight is 167 g/mol. The number of nitrogens with one attached hydrogen (secondary N) is 2. The van der Waals surface area contributed by atoms with Crippen molar-refractivity contribution in [1.29, 1.82) is 0 Å². The van der Waals surface area contributed by atoms with E-state index in [1.54, 1.807) is 19.4 Å². The number of anilines is 1. The molecule has 0 aliphatic rings. The first-order valence-electron chi connectivity index (χ1n) is 3.21. The highest BCUT2D eigenvalue weighted by atomic mass is 32.1. The van der Waals surface area contributed by atoms with Gasteiger partial charge in [-0.05, 0) is 24.4 Å². The van der Waals surface area contributed by atoms with Crippen LogP contribution in [0.2, 0.25) is 0 Å². The molecule has 0 aliphatic carbocycles. The highest BCUT2D eigenvalue weighted by Crippen LogP contribution is 2.01. The Morgan fingerprint density at radius 2 is 2.09 bits per heavy atom. The normalized spacial score (nSPS) is 8.82. The third-order valence-corrected chi connectivity index (χ3v) is 1.47. The number of aromatic nitrogens is 1. The Balaban J connectivity index is 2.58. The summed E-state index contributed by atoms with van der Waals surface area (Å²) in [7, 11) is 1.77. The highest BCUT2D eigenvalue weighted by Gasteiger charge is 1.91. The van der Waals surface area contributed by atoms with E-state index in [1.165, 1.54) is 0 Å². The van der Waals surface area contributed by atoms with Crippen molar-refractivity contribution in [1.82, 2.24) is 10.3 Å². The molecule has 0 atom stereocenters. The van der Waals surface area contributed by atoms with Gasteiger partial charge in [-0.1, -0.05) is 0 Å². The molecule has 0 aliphatic heterocycles. The fourth-order valence-electron chi connectivity index (χ4n) is 0.629. The Bertz CT molecular complexity index is 235. The minimum Gasteiger partial charge on any atom is -0.366 e. The second-order valence-electron chi connectivity index (χ2n) is 1.94. The number of thiocarbonyl (C=S) groups is 1. The summed E-state index contributed by atoms with van der Waals surface area (Å²) in [6.07, 6.45) is 3.42. The fraction of sp³-hybridized carbons (Fsp3) is 0.143. The van der Waals surface area contributed by atoms with Crippen LogP contribution in [0.15, 0.2) is 24.5 Å². The van der Waals surface area contributed by atoms with Crippen LogP contribution in [0.25, 0.3) is 0 Å². The second-order valence-corrected chi connectivity index (χ2v) is 2.35. The molecular formula is C7H9N3S. The van der Waals surface area contributed by atoms with Gasteiger partial charge in [-0.2, -0.15) is 0 Å². The van der Waals surface area contributed by atoms with Crippen LogP contribution in [-0.2, 0) is 0 Å². The van der Waals surface area contributed by atoms with Crippen molar-refractivity contribution >= 4 is 23.0 Å². The van der Waals surface area contributed by atoms with Crippen LogP contribution in [0.1, 0.15) is 0 Å². The summed E-state index contributed by atoms with van der Waals surface area (Å²) in [5.41, 5.74) is 0.944. The standard InChI is InChI=1S/C7H9N3S/c1-8-7(11)10-6-2-4-9-5-3-6/h2-5H,1H3,(H2,8,9,10,11). The summed E-state index contributed by atoms with van der Waals surface area (Å²) in [5.74, 6) is 0. The van der Waals surface area contributed by atoms with Gasteiger partial charge in [0.1, 0.15) is 0 Å². The minimum absolute atomic E-state index is 0.608. The second kappa shape index (κ2) is 3.88. The SMILES string of the molecule is CNC(=S)Nc1ccncc1. The molecule has 0 fully saturated rings. The average Bonchev–Trinajstić information content (AvgIpc) is 2.06. The first-order chi connectivity index (χ1) is 5.33. The number of nitrogens with zero attached hydrogens (tertiary/aromatic N) is 1. The molecule has 11 heavy (non-hydrogen) atoms. The largest absolute Gasteiger partial charge is 0.366 e. The van der Waals surface area contributed by atoms with Crippen LogP contribution in [-0.4, -0.2) is 17.1 Å². The molecule has 4 heteroatoms. The van der Waals surface area contributed by atoms with Crippen LogP contribution >= 0.6 is 12.2 Å². The fourth-order valence-corrected chi connectivity index (χ4v) is 0.747. The summed E-state index contributed by atoms with van der Waals surface area (Å²) in [6.45, 7) is 0. The molecule has 0 bridgehead atoms. The van der Waals surface area contributed by atoms with E-state index in [9.17, 15) is 0 Å². The number of hydrogen-bond acceptors (Lipinski definition) is 2. The van der Waals surface area contributed by atoms with Crippen LogP contribution in [0.5, 0.6) is 0 Å². The molecule has 0 saturated heterocycles. The van der Waals surface area contributed by atoms with Gasteiger partial charge in [-0.15, -0.1) is 0 Å². The van der Waals surface area contributed by atoms with Crippen molar-refractivity contribution in [2.75, 3.05) is 12.4 Å². The minimum atomic E-state index is 0.608. The zero-order valence-electron chi connectivity index (χ0n) is 6.16. The van der Waals surface area contributed by atoms with Crippen molar-refractivity contribution in [2.45, 2.75) is 0 Å². The van der Waals surface area contributed by atoms with Crippen LogP contribution < -0.4 is 10.6 Å². The molecule has 58 valence electrons. The summed E-state index contributed by atoms with van der Waals surface area (Å²) in [4.78, 5) is 3.87. The summed E-state index contributed by atoms with van der Waals surface area (Å²) >= 11 is 4.89. The van der Waals surface area contributed by atoms with E-state index in [1.807, 2.05) is 12.1 Å². The van der Waals surface area contributed by atoms with Crippen molar-refractivity contribution < 1.29 is 0 Å². The van der Waals surface area contributed by atoms with E-state index in [4.69, 9.17) is 12.2 Å². The van der Waals surface area contributed by atoms with Crippen molar-refractivity contribution in [3.8, 4) is 0 Å². The van der Waals surface area contributed by atoms with Gasteiger partial charge in [0, 0.05) is 25.1 Å². The van der Waals surface area contributed by atoms with Crippen molar-refractivity contribution in [3.05, 3.63) is 24.5 Å². The van der Waals surface area contributed by atoms with E-state index in [2.05, 4.69) is 15.6 Å². The van der Waals surface area contributed by atoms with Crippen molar-refractivity contribution in [3.63, 3.8) is 0 Å². The number of rotatable bonds is 1. The monoisotopic (exact) mass is 167 g/mol. The molecule has 1 heterocycles. The Kier molecular flexibility index (Phi) is 2.80. The maximum absolute atomic E-state index is 4.89. The third-order valence-electron chi connectivity index (χ3n) is 1.17. The Morgan fingerprint density at radius 3 is 2.64 bits per heavy atom. The zero-order valence-corrected chi connectivity index (χ0v) is 6.98. The molecule has 1 rings (SSSR count). The third kappa shape index (κ3) is 2.51. The highest BCUT2D eigenvalue weighted by molar-refractivity contribution is 7.80. The van der Waals surface area contributed by atoms with E-state index in [0.29, 0.717) is 5.11 Å². The topological polar surface area (TPSA) is 37.0 Å². The van der Waals surface area contributed by atoms with Crippen LogP contribution in [0, 0.1) is 0 Å². The summed E-state index contributed by atoms with van der Waals surface area (Å²) in [5, 5.41) is 6.39. The van der Waals surface area contributed by atoms with Gasteiger partial charge in [0.25, 0.3) is 0 Å².